The maximum absolute atomic E-state index is 13.0. The standard InChI is InChI=1S/C20H21N5OS/c1-14-5-3-6-16(13-14)24-9-11-25(12-10-24)20(26)17-15(2)23-19(27-17)18-21-7-4-8-22-18/h3-8,13H,9-12H2,1-2H3. The first-order valence-corrected chi connectivity index (χ1v) is 9.79. The van der Waals surface area contributed by atoms with Crippen LogP contribution in [0.2, 0.25) is 0 Å². The Balaban J connectivity index is 1.46. The highest BCUT2D eigenvalue weighted by atomic mass is 32.1. The van der Waals surface area contributed by atoms with E-state index >= 15 is 0 Å². The van der Waals surface area contributed by atoms with Crippen LogP contribution in [0.25, 0.3) is 10.8 Å². The van der Waals surface area contributed by atoms with Crippen molar-refractivity contribution in [2.75, 3.05) is 31.1 Å². The fourth-order valence-electron chi connectivity index (χ4n) is 3.24. The molecule has 0 radical (unpaired) electrons. The largest absolute Gasteiger partial charge is 0.368 e. The summed E-state index contributed by atoms with van der Waals surface area (Å²) in [6.45, 7) is 7.06. The lowest BCUT2D eigenvalue weighted by atomic mass is 10.2. The molecule has 2 aromatic heterocycles. The number of thiazole rings is 1. The smallest absolute Gasteiger partial charge is 0.265 e. The van der Waals surface area contributed by atoms with E-state index in [9.17, 15) is 4.79 Å². The second kappa shape index (κ2) is 7.44. The van der Waals surface area contributed by atoms with Crippen LogP contribution in [0.4, 0.5) is 5.69 Å². The molecule has 0 saturated carbocycles. The molecule has 4 rings (SSSR count). The zero-order valence-electron chi connectivity index (χ0n) is 15.4. The predicted molar refractivity (Wildman–Crippen MR) is 107 cm³/mol. The van der Waals surface area contributed by atoms with Crippen LogP contribution in [0.5, 0.6) is 0 Å². The SMILES string of the molecule is Cc1cccc(N2CCN(C(=O)c3sc(-c4ncccn4)nc3C)CC2)c1. The molecule has 3 heterocycles. The topological polar surface area (TPSA) is 62.2 Å². The number of nitrogens with zero attached hydrogens (tertiary/aromatic N) is 5. The maximum Gasteiger partial charge on any atom is 0.265 e. The van der Waals surface area contributed by atoms with Gasteiger partial charge in [-0.2, -0.15) is 0 Å². The average Bonchev–Trinajstić information content (AvgIpc) is 3.10. The van der Waals surface area contributed by atoms with Crippen molar-refractivity contribution in [1.82, 2.24) is 19.9 Å². The molecule has 27 heavy (non-hydrogen) atoms. The monoisotopic (exact) mass is 379 g/mol. The Labute approximate surface area is 162 Å². The highest BCUT2D eigenvalue weighted by Crippen LogP contribution is 2.27. The minimum Gasteiger partial charge on any atom is -0.368 e. The second-order valence-electron chi connectivity index (χ2n) is 6.62. The van der Waals surface area contributed by atoms with Crippen LogP contribution in [0.3, 0.4) is 0 Å². The lowest BCUT2D eigenvalue weighted by Gasteiger charge is -2.36. The fourth-order valence-corrected chi connectivity index (χ4v) is 4.22. The van der Waals surface area contributed by atoms with Crippen LogP contribution in [0, 0.1) is 13.8 Å². The lowest BCUT2D eigenvalue weighted by molar-refractivity contribution is 0.0750. The van der Waals surface area contributed by atoms with Crippen molar-refractivity contribution in [1.29, 1.82) is 0 Å². The number of hydrogen-bond donors (Lipinski definition) is 0. The molecule has 1 amide bonds. The molecule has 0 N–H and O–H groups in total. The Morgan fingerprint density at radius 3 is 2.48 bits per heavy atom. The predicted octanol–water partition coefficient (Wildman–Crippen LogP) is 3.18. The number of piperazine rings is 1. The number of aryl methyl sites for hydroxylation is 2. The quantitative estimate of drug-likeness (QED) is 0.699. The summed E-state index contributed by atoms with van der Waals surface area (Å²) in [5.74, 6) is 0.616. The number of carbonyl (C=O) groups excluding carboxylic acids is 1. The van der Waals surface area contributed by atoms with Gasteiger partial charge in [-0.3, -0.25) is 4.79 Å². The summed E-state index contributed by atoms with van der Waals surface area (Å²) in [4.78, 5) is 30.9. The zero-order chi connectivity index (χ0) is 18.8. The number of amides is 1. The molecule has 0 aliphatic carbocycles. The van der Waals surface area contributed by atoms with E-state index in [0.717, 1.165) is 18.8 Å². The molecule has 7 heteroatoms. The molecule has 6 nitrogen and oxygen atoms in total. The number of hydrogen-bond acceptors (Lipinski definition) is 6. The van der Waals surface area contributed by atoms with Gasteiger partial charge in [-0.25, -0.2) is 15.0 Å². The van der Waals surface area contributed by atoms with Crippen LogP contribution >= 0.6 is 11.3 Å². The highest BCUT2D eigenvalue weighted by molar-refractivity contribution is 7.17. The van der Waals surface area contributed by atoms with E-state index in [2.05, 4.69) is 51.0 Å². The van der Waals surface area contributed by atoms with Gasteiger partial charge in [0.2, 0.25) is 0 Å². The van der Waals surface area contributed by atoms with Crippen LogP contribution in [0.1, 0.15) is 20.9 Å². The molecule has 1 aromatic carbocycles. The number of rotatable bonds is 3. The third-order valence-corrected chi connectivity index (χ3v) is 5.82. The van der Waals surface area contributed by atoms with Crippen LogP contribution in [0.15, 0.2) is 42.7 Å². The molecule has 0 spiro atoms. The van der Waals surface area contributed by atoms with Gasteiger partial charge in [0.25, 0.3) is 5.91 Å². The van der Waals surface area contributed by atoms with E-state index < -0.39 is 0 Å². The van der Waals surface area contributed by atoms with Crippen molar-refractivity contribution in [3.05, 3.63) is 58.9 Å². The van der Waals surface area contributed by atoms with E-state index in [1.165, 1.54) is 22.6 Å². The second-order valence-corrected chi connectivity index (χ2v) is 7.62. The van der Waals surface area contributed by atoms with Crippen molar-refractivity contribution in [2.45, 2.75) is 13.8 Å². The van der Waals surface area contributed by atoms with Crippen LogP contribution in [-0.4, -0.2) is 51.9 Å². The van der Waals surface area contributed by atoms with Gasteiger partial charge >= 0.3 is 0 Å². The summed E-state index contributed by atoms with van der Waals surface area (Å²) in [5, 5.41) is 0.690. The Kier molecular flexibility index (Phi) is 4.85. The highest BCUT2D eigenvalue weighted by Gasteiger charge is 2.26. The molecule has 0 atom stereocenters. The summed E-state index contributed by atoms with van der Waals surface area (Å²) in [7, 11) is 0. The number of carbonyl (C=O) groups is 1. The molecule has 138 valence electrons. The Morgan fingerprint density at radius 2 is 1.78 bits per heavy atom. The van der Waals surface area contributed by atoms with Gasteiger partial charge in [0.1, 0.15) is 4.88 Å². The van der Waals surface area contributed by atoms with Crippen LogP contribution < -0.4 is 4.90 Å². The number of aromatic nitrogens is 3. The molecule has 3 aromatic rings. The average molecular weight is 379 g/mol. The molecular formula is C20H21N5OS. The molecule has 1 fully saturated rings. The first kappa shape index (κ1) is 17.6. The summed E-state index contributed by atoms with van der Waals surface area (Å²) in [5.41, 5.74) is 3.22. The van der Waals surface area contributed by atoms with Crippen molar-refractivity contribution in [2.24, 2.45) is 0 Å². The number of benzene rings is 1. The minimum atomic E-state index is 0.0519. The number of anilines is 1. The minimum absolute atomic E-state index is 0.0519. The van der Waals surface area contributed by atoms with Gasteiger partial charge in [0.15, 0.2) is 10.8 Å². The van der Waals surface area contributed by atoms with Crippen molar-refractivity contribution in [3.63, 3.8) is 0 Å². The Morgan fingerprint density at radius 1 is 1.04 bits per heavy atom. The summed E-state index contributed by atoms with van der Waals surface area (Å²) < 4.78 is 0. The summed E-state index contributed by atoms with van der Waals surface area (Å²) >= 11 is 1.37. The summed E-state index contributed by atoms with van der Waals surface area (Å²) in [6, 6.07) is 10.3. The Bertz CT molecular complexity index is 948. The van der Waals surface area contributed by atoms with Gasteiger partial charge in [-0.05, 0) is 37.6 Å². The van der Waals surface area contributed by atoms with E-state index in [1.807, 2.05) is 11.8 Å². The van der Waals surface area contributed by atoms with Gasteiger partial charge in [-0.15, -0.1) is 11.3 Å². The van der Waals surface area contributed by atoms with Crippen molar-refractivity contribution < 1.29 is 4.79 Å². The van der Waals surface area contributed by atoms with E-state index in [-0.39, 0.29) is 5.91 Å². The zero-order valence-corrected chi connectivity index (χ0v) is 16.2. The fraction of sp³-hybridized carbons (Fsp3) is 0.300. The molecule has 1 saturated heterocycles. The van der Waals surface area contributed by atoms with Crippen molar-refractivity contribution in [3.8, 4) is 10.8 Å². The van der Waals surface area contributed by atoms with Gasteiger partial charge in [0.05, 0.1) is 5.69 Å². The molecule has 0 bridgehead atoms. The molecular weight excluding hydrogens is 358 g/mol. The molecule has 1 aliphatic heterocycles. The van der Waals surface area contributed by atoms with Gasteiger partial charge in [0, 0.05) is 44.3 Å². The maximum atomic E-state index is 13.0. The Hall–Kier alpha value is -2.80. The van der Waals surface area contributed by atoms with Crippen molar-refractivity contribution >= 4 is 22.9 Å². The first-order valence-electron chi connectivity index (χ1n) is 8.97. The first-order chi connectivity index (χ1) is 13.1. The molecule has 1 aliphatic rings. The van der Waals surface area contributed by atoms with Crippen LogP contribution in [-0.2, 0) is 0 Å². The third kappa shape index (κ3) is 3.68. The van der Waals surface area contributed by atoms with E-state index in [1.54, 1.807) is 18.5 Å². The van der Waals surface area contributed by atoms with E-state index in [4.69, 9.17) is 0 Å². The normalized spacial score (nSPS) is 14.4. The van der Waals surface area contributed by atoms with Gasteiger partial charge < -0.3 is 9.80 Å². The van der Waals surface area contributed by atoms with Gasteiger partial charge in [-0.1, -0.05) is 12.1 Å². The third-order valence-electron chi connectivity index (χ3n) is 4.68. The summed E-state index contributed by atoms with van der Waals surface area (Å²) in [6.07, 6.45) is 3.37. The van der Waals surface area contributed by atoms with E-state index in [0.29, 0.717) is 28.8 Å². The lowest BCUT2D eigenvalue weighted by Crippen LogP contribution is -2.48. The molecule has 0 unspecified atom stereocenters.